The summed E-state index contributed by atoms with van der Waals surface area (Å²) in [5, 5.41) is 8.63. The minimum absolute atomic E-state index is 0.00191. The average Bonchev–Trinajstić information content (AvgIpc) is 2.94. The number of nitrogens with zero attached hydrogens (tertiary/aromatic N) is 2. The Kier molecular flexibility index (Phi) is 7.90. The number of Topliss-reactive ketones (excluding diaryl/α,β-unsaturated/α-hetero) is 1. The summed E-state index contributed by atoms with van der Waals surface area (Å²) in [6.07, 6.45) is 2.63. The number of anilines is 2. The van der Waals surface area contributed by atoms with Crippen molar-refractivity contribution in [3.05, 3.63) is 71.3 Å². The number of nitrogens with one attached hydrogen (secondary N) is 3. The van der Waals surface area contributed by atoms with E-state index in [1.165, 1.54) is 6.92 Å². The van der Waals surface area contributed by atoms with Gasteiger partial charge in [-0.2, -0.15) is 0 Å². The highest BCUT2D eigenvalue weighted by Crippen LogP contribution is 2.33. The highest BCUT2D eigenvalue weighted by molar-refractivity contribution is 6.11. The van der Waals surface area contributed by atoms with Gasteiger partial charge in [-0.25, -0.2) is 14.4 Å². The van der Waals surface area contributed by atoms with Crippen LogP contribution in [0, 0.1) is 5.82 Å². The molecule has 1 atom stereocenters. The predicted octanol–water partition coefficient (Wildman–Crippen LogP) is 3.01. The Bertz CT molecular complexity index is 1430. The molecule has 3 aromatic rings. The Labute approximate surface area is 230 Å². The van der Waals surface area contributed by atoms with Crippen LogP contribution in [0.15, 0.2) is 48.7 Å². The molecule has 2 amide bonds. The average molecular weight is 548 g/mol. The maximum atomic E-state index is 14.6. The van der Waals surface area contributed by atoms with E-state index in [4.69, 9.17) is 9.47 Å². The zero-order valence-electron chi connectivity index (χ0n) is 22.1. The molecule has 5 aliphatic rings. The molecule has 0 saturated carbocycles. The van der Waals surface area contributed by atoms with Crippen LogP contribution in [-0.2, 0) is 27.2 Å². The zero-order valence-corrected chi connectivity index (χ0v) is 22.1. The Morgan fingerprint density at radius 1 is 0.975 bits per heavy atom. The van der Waals surface area contributed by atoms with Crippen LogP contribution in [0.4, 0.5) is 16.0 Å². The van der Waals surface area contributed by atoms with Gasteiger partial charge in [0.1, 0.15) is 11.5 Å². The molecule has 2 aromatic carbocycles. The third-order valence-corrected chi connectivity index (χ3v) is 6.83. The van der Waals surface area contributed by atoms with Gasteiger partial charge in [0.15, 0.2) is 11.6 Å². The van der Waals surface area contributed by atoms with E-state index in [0.29, 0.717) is 55.2 Å². The van der Waals surface area contributed by atoms with Gasteiger partial charge in [0, 0.05) is 43.6 Å². The van der Waals surface area contributed by atoms with Gasteiger partial charge in [-0.3, -0.25) is 14.4 Å². The number of ether oxygens (including phenoxy) is 2. The lowest BCUT2D eigenvalue weighted by atomic mass is 9.89. The maximum Gasteiger partial charge on any atom is 0.271 e. The van der Waals surface area contributed by atoms with Gasteiger partial charge in [0.2, 0.25) is 17.5 Å². The van der Waals surface area contributed by atoms with Gasteiger partial charge in [0.25, 0.3) is 5.91 Å². The van der Waals surface area contributed by atoms with E-state index in [1.807, 2.05) is 0 Å². The van der Waals surface area contributed by atoms with Gasteiger partial charge in [-0.05, 0) is 55.7 Å². The van der Waals surface area contributed by atoms with Crippen LogP contribution in [-0.4, -0.2) is 52.9 Å². The lowest BCUT2D eigenvalue weighted by molar-refractivity contribution is -0.148. The van der Waals surface area contributed by atoms with Gasteiger partial charge in [-0.15, -0.1) is 0 Å². The summed E-state index contributed by atoms with van der Waals surface area (Å²) in [7, 11) is 0. The molecule has 8 rings (SSSR count). The first kappa shape index (κ1) is 27.0. The van der Waals surface area contributed by atoms with Crippen LogP contribution in [0.1, 0.15) is 43.0 Å². The fraction of sp³-hybridized carbons (Fsp3) is 0.345. The van der Waals surface area contributed by atoms with Crippen molar-refractivity contribution < 1.29 is 28.2 Å². The fourth-order valence-corrected chi connectivity index (χ4v) is 4.51. The summed E-state index contributed by atoms with van der Waals surface area (Å²) >= 11 is 0. The Hall–Kier alpha value is -4.54. The summed E-state index contributed by atoms with van der Waals surface area (Å²) in [5.41, 5.74) is 0.571. The highest BCUT2D eigenvalue weighted by atomic mass is 19.1. The van der Waals surface area contributed by atoms with Gasteiger partial charge >= 0.3 is 0 Å². The van der Waals surface area contributed by atoms with Crippen LogP contribution in [0.2, 0.25) is 0 Å². The monoisotopic (exact) mass is 547 g/mol. The second-order valence-corrected chi connectivity index (χ2v) is 9.90. The molecule has 0 fully saturated rings. The topological polar surface area (TPSA) is 132 Å². The smallest absolute Gasteiger partial charge is 0.271 e. The van der Waals surface area contributed by atoms with E-state index in [-0.39, 0.29) is 42.7 Å². The van der Waals surface area contributed by atoms with E-state index in [1.54, 1.807) is 42.5 Å². The quantitative estimate of drug-likeness (QED) is 0.366. The molecule has 5 aliphatic heterocycles. The Morgan fingerprint density at radius 3 is 2.60 bits per heavy atom. The van der Waals surface area contributed by atoms with Crippen molar-refractivity contribution in [2.45, 2.75) is 44.6 Å². The van der Waals surface area contributed by atoms with Gasteiger partial charge < -0.3 is 25.4 Å². The standard InChI is InChI=1S/C29H30FN5O5/c1-29-25(36)16-19-14-18(5-10-24(19)40-29)15-23-22(30)17-33-28(35-23)34-20-6-8-21(9-7-20)39-13-2-4-26(37)31-11-3-12-32-27(29)38/h5-10,14,17H,2-4,11-13,15-16H2,1H3,(H,31,37)(H,32,38)(H,33,34,35). The molecule has 208 valence electrons. The Balaban J connectivity index is 1.38. The summed E-state index contributed by atoms with van der Waals surface area (Å²) in [5.74, 6) is -0.263. The summed E-state index contributed by atoms with van der Waals surface area (Å²) in [6, 6.07) is 12.4. The summed E-state index contributed by atoms with van der Waals surface area (Å²) in [4.78, 5) is 46.4. The number of aromatic nitrogens is 2. The van der Waals surface area contributed by atoms with Crippen molar-refractivity contribution in [1.82, 2.24) is 20.6 Å². The van der Waals surface area contributed by atoms with Crippen LogP contribution in [0.25, 0.3) is 0 Å². The van der Waals surface area contributed by atoms with E-state index < -0.39 is 17.3 Å². The summed E-state index contributed by atoms with van der Waals surface area (Å²) in [6.45, 7) is 2.49. The molecule has 6 heterocycles. The first-order valence-electron chi connectivity index (χ1n) is 13.2. The van der Waals surface area contributed by atoms with Crippen LogP contribution < -0.4 is 25.4 Å². The second-order valence-electron chi connectivity index (χ2n) is 9.90. The number of amides is 2. The predicted molar refractivity (Wildman–Crippen MR) is 144 cm³/mol. The minimum atomic E-state index is -1.67. The molecule has 1 aromatic heterocycles. The molecule has 0 saturated heterocycles. The van der Waals surface area contributed by atoms with E-state index in [2.05, 4.69) is 25.9 Å². The third-order valence-electron chi connectivity index (χ3n) is 6.83. The molecule has 0 radical (unpaired) electrons. The van der Waals surface area contributed by atoms with E-state index >= 15 is 0 Å². The number of benzene rings is 2. The lowest BCUT2D eigenvalue weighted by Gasteiger charge is -2.33. The number of ketones is 1. The third kappa shape index (κ3) is 6.19. The first-order valence-corrected chi connectivity index (χ1v) is 13.2. The molecule has 11 heteroatoms. The van der Waals surface area contributed by atoms with E-state index in [0.717, 1.165) is 11.8 Å². The fourth-order valence-electron chi connectivity index (χ4n) is 4.51. The molecule has 8 bridgehead atoms. The molecular formula is C29H30FN5O5. The molecule has 10 nitrogen and oxygen atoms in total. The zero-order chi connectivity index (χ0) is 28.1. The lowest BCUT2D eigenvalue weighted by Crippen LogP contribution is -2.57. The van der Waals surface area contributed by atoms with Crippen molar-refractivity contribution >= 4 is 29.2 Å². The minimum Gasteiger partial charge on any atom is -0.494 e. The number of halogens is 1. The van der Waals surface area contributed by atoms with Crippen LogP contribution >= 0.6 is 0 Å². The highest BCUT2D eigenvalue weighted by Gasteiger charge is 2.46. The summed E-state index contributed by atoms with van der Waals surface area (Å²) < 4.78 is 26.2. The molecule has 0 aliphatic carbocycles. The second kappa shape index (κ2) is 11.7. The largest absolute Gasteiger partial charge is 0.494 e. The molecular weight excluding hydrogens is 517 g/mol. The molecule has 3 N–H and O–H groups in total. The molecule has 40 heavy (non-hydrogen) atoms. The van der Waals surface area contributed by atoms with Crippen LogP contribution in [0.3, 0.4) is 0 Å². The van der Waals surface area contributed by atoms with Crippen molar-refractivity contribution in [1.29, 1.82) is 0 Å². The maximum absolute atomic E-state index is 14.6. The number of carbonyl (C=O) groups excluding carboxylic acids is 3. The number of hydrogen-bond acceptors (Lipinski definition) is 8. The Morgan fingerprint density at radius 2 is 1.77 bits per heavy atom. The van der Waals surface area contributed by atoms with Gasteiger partial charge in [-0.1, -0.05) is 12.1 Å². The number of rotatable bonds is 0. The molecule has 1 unspecified atom stereocenters. The number of carbonyl (C=O) groups is 3. The van der Waals surface area contributed by atoms with Gasteiger partial charge in [0.05, 0.1) is 18.5 Å². The van der Waals surface area contributed by atoms with Crippen molar-refractivity contribution in [2.75, 3.05) is 25.0 Å². The van der Waals surface area contributed by atoms with Crippen LogP contribution in [0.5, 0.6) is 11.5 Å². The number of hydrogen-bond donors (Lipinski definition) is 3. The normalized spacial score (nSPS) is 20.2. The SMILES string of the molecule is CC12Oc3ccc(cc3CC1=O)Cc1nc(ncc1F)Nc1ccc(cc1)OCCCC(=O)NCCCNC2=O. The van der Waals surface area contributed by atoms with E-state index in [9.17, 15) is 18.8 Å². The van der Waals surface area contributed by atoms with Crippen molar-refractivity contribution in [3.63, 3.8) is 0 Å². The molecule has 0 spiro atoms. The van der Waals surface area contributed by atoms with Crippen molar-refractivity contribution in [2.24, 2.45) is 0 Å². The first-order chi connectivity index (χ1) is 19.3. The van der Waals surface area contributed by atoms with Crippen molar-refractivity contribution in [3.8, 4) is 11.5 Å².